The lowest BCUT2D eigenvalue weighted by molar-refractivity contribution is 0.172. The third-order valence-electron chi connectivity index (χ3n) is 2.65. The summed E-state index contributed by atoms with van der Waals surface area (Å²) in [5.41, 5.74) is 0. The lowest BCUT2D eigenvalue weighted by Gasteiger charge is -2.18. The van der Waals surface area contributed by atoms with Crippen molar-refractivity contribution in [2.45, 2.75) is 45.3 Å². The SMILES string of the molecule is CCCC(CC)NCC(O)c1ccc(Cl)s1. The smallest absolute Gasteiger partial charge is 0.101 e. The van der Waals surface area contributed by atoms with Gasteiger partial charge in [-0.25, -0.2) is 0 Å². The van der Waals surface area contributed by atoms with E-state index in [9.17, 15) is 5.11 Å². The normalized spacial score (nSPS) is 15.0. The van der Waals surface area contributed by atoms with Gasteiger partial charge in [0.1, 0.15) is 6.10 Å². The first-order valence-corrected chi connectivity index (χ1v) is 7.03. The molecule has 4 heteroatoms. The maximum absolute atomic E-state index is 9.94. The standard InChI is InChI=1S/C12H20ClNOS/c1-3-5-9(4-2)14-8-10(15)11-6-7-12(13)16-11/h6-7,9-10,14-15H,3-5,8H2,1-2H3. The van der Waals surface area contributed by atoms with E-state index >= 15 is 0 Å². The molecule has 0 aliphatic rings. The van der Waals surface area contributed by atoms with E-state index in [1.165, 1.54) is 17.8 Å². The average Bonchev–Trinajstić information content (AvgIpc) is 2.70. The van der Waals surface area contributed by atoms with Gasteiger partial charge in [-0.1, -0.05) is 31.9 Å². The quantitative estimate of drug-likeness (QED) is 0.786. The summed E-state index contributed by atoms with van der Waals surface area (Å²) >= 11 is 7.28. The van der Waals surface area contributed by atoms with Crippen LogP contribution in [0.2, 0.25) is 4.34 Å². The van der Waals surface area contributed by atoms with Crippen molar-refractivity contribution in [3.05, 3.63) is 21.3 Å². The van der Waals surface area contributed by atoms with Gasteiger partial charge in [0, 0.05) is 17.5 Å². The number of hydrogen-bond donors (Lipinski definition) is 2. The summed E-state index contributed by atoms with van der Waals surface area (Å²) in [7, 11) is 0. The van der Waals surface area contributed by atoms with Gasteiger partial charge in [0.25, 0.3) is 0 Å². The molecule has 1 aromatic rings. The molecule has 92 valence electrons. The van der Waals surface area contributed by atoms with E-state index in [-0.39, 0.29) is 0 Å². The summed E-state index contributed by atoms with van der Waals surface area (Å²) in [4.78, 5) is 0.934. The molecule has 0 aromatic carbocycles. The molecule has 0 bridgehead atoms. The van der Waals surface area contributed by atoms with Gasteiger partial charge in [-0.2, -0.15) is 0 Å². The topological polar surface area (TPSA) is 32.3 Å². The zero-order valence-electron chi connectivity index (χ0n) is 9.87. The van der Waals surface area contributed by atoms with Gasteiger partial charge >= 0.3 is 0 Å². The fourth-order valence-electron chi connectivity index (χ4n) is 1.69. The van der Waals surface area contributed by atoms with Gasteiger partial charge < -0.3 is 10.4 Å². The van der Waals surface area contributed by atoms with E-state index in [0.29, 0.717) is 12.6 Å². The molecule has 1 aromatic heterocycles. The van der Waals surface area contributed by atoms with Crippen LogP contribution in [0, 0.1) is 0 Å². The molecule has 1 heterocycles. The molecule has 2 atom stereocenters. The lowest BCUT2D eigenvalue weighted by atomic mass is 10.1. The Morgan fingerprint density at radius 1 is 1.44 bits per heavy atom. The van der Waals surface area contributed by atoms with Gasteiger partial charge in [-0.15, -0.1) is 11.3 Å². The zero-order valence-corrected chi connectivity index (χ0v) is 11.4. The molecular weight excluding hydrogens is 242 g/mol. The van der Waals surface area contributed by atoms with Crippen LogP contribution in [0.4, 0.5) is 0 Å². The minimum absolute atomic E-state index is 0.441. The number of aliphatic hydroxyl groups is 1. The number of hydrogen-bond acceptors (Lipinski definition) is 3. The Kier molecular flexibility index (Phi) is 6.36. The zero-order chi connectivity index (χ0) is 12.0. The Labute approximate surface area is 107 Å². The molecule has 2 unspecified atom stereocenters. The lowest BCUT2D eigenvalue weighted by Crippen LogP contribution is -2.31. The molecule has 1 rings (SSSR count). The van der Waals surface area contributed by atoms with Gasteiger partial charge in [0.05, 0.1) is 4.34 Å². The van der Waals surface area contributed by atoms with E-state index in [1.54, 1.807) is 0 Å². The van der Waals surface area contributed by atoms with Crippen LogP contribution in [-0.4, -0.2) is 17.7 Å². The second-order valence-electron chi connectivity index (χ2n) is 3.96. The largest absolute Gasteiger partial charge is 0.386 e. The predicted octanol–water partition coefficient (Wildman–Crippen LogP) is 3.60. The maximum atomic E-state index is 9.94. The Morgan fingerprint density at radius 2 is 2.19 bits per heavy atom. The van der Waals surface area contributed by atoms with Crippen LogP contribution in [-0.2, 0) is 0 Å². The number of rotatable bonds is 7. The molecular formula is C12H20ClNOS. The summed E-state index contributed by atoms with van der Waals surface area (Å²) < 4.78 is 0.731. The minimum Gasteiger partial charge on any atom is -0.386 e. The first kappa shape index (κ1) is 14.0. The Balaban J connectivity index is 2.36. The molecule has 2 nitrogen and oxygen atoms in total. The molecule has 0 spiro atoms. The third kappa shape index (κ3) is 4.42. The predicted molar refractivity (Wildman–Crippen MR) is 71.3 cm³/mol. The molecule has 0 amide bonds. The second-order valence-corrected chi connectivity index (χ2v) is 5.71. The van der Waals surface area contributed by atoms with Crippen LogP contribution < -0.4 is 5.32 Å². The van der Waals surface area contributed by atoms with Gasteiger partial charge in [-0.3, -0.25) is 0 Å². The Hall–Kier alpha value is -0.0900. The van der Waals surface area contributed by atoms with Crippen LogP contribution in [0.15, 0.2) is 12.1 Å². The molecule has 16 heavy (non-hydrogen) atoms. The van der Waals surface area contributed by atoms with E-state index < -0.39 is 6.10 Å². The van der Waals surface area contributed by atoms with Crippen molar-refractivity contribution in [2.75, 3.05) is 6.54 Å². The monoisotopic (exact) mass is 261 g/mol. The van der Waals surface area contributed by atoms with E-state index in [2.05, 4.69) is 19.2 Å². The van der Waals surface area contributed by atoms with Crippen molar-refractivity contribution >= 4 is 22.9 Å². The number of aliphatic hydroxyl groups excluding tert-OH is 1. The highest BCUT2D eigenvalue weighted by molar-refractivity contribution is 7.16. The molecule has 2 N–H and O–H groups in total. The van der Waals surface area contributed by atoms with E-state index in [1.807, 2.05) is 12.1 Å². The van der Waals surface area contributed by atoms with Crippen LogP contribution >= 0.6 is 22.9 Å². The Bertz CT molecular complexity index is 303. The molecule has 0 saturated heterocycles. The molecule has 0 radical (unpaired) electrons. The van der Waals surface area contributed by atoms with Gasteiger partial charge in [0.15, 0.2) is 0 Å². The first-order valence-electron chi connectivity index (χ1n) is 5.84. The van der Waals surface area contributed by atoms with Crippen molar-refractivity contribution in [3.8, 4) is 0 Å². The highest BCUT2D eigenvalue weighted by Gasteiger charge is 2.12. The van der Waals surface area contributed by atoms with E-state index in [0.717, 1.165) is 22.1 Å². The van der Waals surface area contributed by atoms with Gasteiger partial charge in [-0.05, 0) is 25.0 Å². The summed E-state index contributed by atoms with van der Waals surface area (Å²) in [5, 5.41) is 13.3. The summed E-state index contributed by atoms with van der Waals surface area (Å²) in [5.74, 6) is 0. The average molecular weight is 262 g/mol. The minimum atomic E-state index is -0.441. The van der Waals surface area contributed by atoms with Crippen LogP contribution in [0.5, 0.6) is 0 Å². The molecule has 0 aliphatic heterocycles. The molecule has 0 aliphatic carbocycles. The number of thiophene rings is 1. The summed E-state index contributed by atoms with van der Waals surface area (Å²) in [6.07, 6.45) is 3.00. The third-order valence-corrected chi connectivity index (χ3v) is 3.98. The fourth-order valence-corrected chi connectivity index (χ4v) is 2.73. The van der Waals surface area contributed by atoms with Crippen LogP contribution in [0.1, 0.15) is 44.1 Å². The Morgan fingerprint density at radius 3 is 2.69 bits per heavy atom. The first-order chi connectivity index (χ1) is 7.67. The van der Waals surface area contributed by atoms with Crippen molar-refractivity contribution in [1.29, 1.82) is 0 Å². The summed E-state index contributed by atoms with van der Waals surface area (Å²) in [6.45, 7) is 4.96. The molecule has 0 saturated carbocycles. The number of halogens is 1. The van der Waals surface area contributed by atoms with Gasteiger partial charge in [0.2, 0.25) is 0 Å². The fraction of sp³-hybridized carbons (Fsp3) is 0.667. The highest BCUT2D eigenvalue weighted by atomic mass is 35.5. The second kappa shape index (κ2) is 7.28. The van der Waals surface area contributed by atoms with Crippen LogP contribution in [0.25, 0.3) is 0 Å². The summed E-state index contributed by atoms with van der Waals surface area (Å²) in [6, 6.07) is 4.23. The van der Waals surface area contributed by atoms with Crippen molar-refractivity contribution < 1.29 is 5.11 Å². The number of nitrogens with one attached hydrogen (secondary N) is 1. The van der Waals surface area contributed by atoms with E-state index in [4.69, 9.17) is 11.6 Å². The van der Waals surface area contributed by atoms with Crippen molar-refractivity contribution in [1.82, 2.24) is 5.32 Å². The molecule has 0 fully saturated rings. The van der Waals surface area contributed by atoms with Crippen molar-refractivity contribution in [3.63, 3.8) is 0 Å². The van der Waals surface area contributed by atoms with Crippen LogP contribution in [0.3, 0.4) is 0 Å². The maximum Gasteiger partial charge on any atom is 0.101 e. The highest BCUT2D eigenvalue weighted by Crippen LogP contribution is 2.26. The van der Waals surface area contributed by atoms with Crippen molar-refractivity contribution in [2.24, 2.45) is 0 Å².